The number of hydrogen-bond acceptors (Lipinski definition) is 2. The van der Waals surface area contributed by atoms with Crippen LogP contribution in [0.1, 0.15) is 11.4 Å². The topological polar surface area (TPSA) is 45.5 Å². The highest BCUT2D eigenvalue weighted by molar-refractivity contribution is 14.0. The molecule has 0 fully saturated rings. The number of imidazole rings is 1. The van der Waals surface area contributed by atoms with Crippen molar-refractivity contribution in [1.82, 2.24) is 19.8 Å². The van der Waals surface area contributed by atoms with Gasteiger partial charge in [-0.15, -0.1) is 24.0 Å². The number of aromatic nitrogens is 2. The lowest BCUT2D eigenvalue weighted by Crippen LogP contribution is -2.39. The van der Waals surface area contributed by atoms with Crippen LogP contribution < -0.4 is 5.32 Å². The van der Waals surface area contributed by atoms with Gasteiger partial charge in [0.1, 0.15) is 5.82 Å². The fourth-order valence-electron chi connectivity index (χ4n) is 2.25. The van der Waals surface area contributed by atoms with Crippen molar-refractivity contribution in [3.63, 3.8) is 0 Å². The summed E-state index contributed by atoms with van der Waals surface area (Å²) in [4.78, 5) is 10.7. The number of aryl methyl sites for hydroxylation is 1. The minimum atomic E-state index is 0. The molecule has 1 aromatic heterocycles. The summed E-state index contributed by atoms with van der Waals surface area (Å²) in [5.74, 6) is 1.92. The van der Waals surface area contributed by atoms with Crippen LogP contribution in [0.3, 0.4) is 0 Å². The van der Waals surface area contributed by atoms with E-state index in [9.17, 15) is 0 Å². The standard InChI is InChI=1S/C16H22BrN5.HI/c1-13-19-8-10-22(13)11-9-20-16(18-2)21(3)12-14-4-6-15(17)7-5-14;/h4-8,10H,9,11-12H2,1-3H3,(H,18,20);1H. The van der Waals surface area contributed by atoms with Gasteiger partial charge in [-0.25, -0.2) is 4.98 Å². The lowest BCUT2D eigenvalue weighted by Gasteiger charge is -2.22. The zero-order chi connectivity index (χ0) is 15.9. The predicted molar refractivity (Wildman–Crippen MR) is 109 cm³/mol. The van der Waals surface area contributed by atoms with Crippen molar-refractivity contribution in [2.75, 3.05) is 20.6 Å². The van der Waals surface area contributed by atoms with E-state index in [4.69, 9.17) is 0 Å². The van der Waals surface area contributed by atoms with Crippen molar-refractivity contribution in [1.29, 1.82) is 0 Å². The molecule has 7 heteroatoms. The van der Waals surface area contributed by atoms with E-state index in [1.807, 2.05) is 33.4 Å². The highest BCUT2D eigenvalue weighted by Gasteiger charge is 2.06. The van der Waals surface area contributed by atoms with Gasteiger partial charge in [0.05, 0.1) is 0 Å². The van der Waals surface area contributed by atoms with Crippen LogP contribution in [-0.4, -0.2) is 41.1 Å². The Kier molecular flexibility index (Phi) is 8.60. The molecule has 0 spiro atoms. The highest BCUT2D eigenvalue weighted by atomic mass is 127. The minimum Gasteiger partial charge on any atom is -0.354 e. The fourth-order valence-corrected chi connectivity index (χ4v) is 2.52. The summed E-state index contributed by atoms with van der Waals surface area (Å²) in [7, 11) is 3.85. The molecule has 0 amide bonds. The normalized spacial score (nSPS) is 11.0. The molecule has 1 N–H and O–H groups in total. The van der Waals surface area contributed by atoms with Crippen LogP contribution >= 0.6 is 39.9 Å². The second-order valence-electron chi connectivity index (χ2n) is 5.12. The molecule has 2 rings (SSSR count). The maximum atomic E-state index is 4.34. The smallest absolute Gasteiger partial charge is 0.193 e. The van der Waals surface area contributed by atoms with Gasteiger partial charge in [0, 0.05) is 50.6 Å². The van der Waals surface area contributed by atoms with Gasteiger partial charge in [-0.1, -0.05) is 28.1 Å². The fraction of sp³-hybridized carbons (Fsp3) is 0.375. The van der Waals surface area contributed by atoms with Crippen LogP contribution in [0.5, 0.6) is 0 Å². The summed E-state index contributed by atoms with van der Waals surface area (Å²) in [6.07, 6.45) is 3.81. The van der Waals surface area contributed by atoms with E-state index < -0.39 is 0 Å². The lowest BCUT2D eigenvalue weighted by atomic mass is 10.2. The van der Waals surface area contributed by atoms with Crippen LogP contribution in [0, 0.1) is 6.92 Å². The number of halogens is 2. The van der Waals surface area contributed by atoms with Crippen molar-refractivity contribution in [3.05, 3.63) is 52.5 Å². The first kappa shape index (κ1) is 20.0. The average Bonchev–Trinajstić information content (AvgIpc) is 2.91. The molecule has 0 bridgehead atoms. The maximum absolute atomic E-state index is 4.34. The molecule has 23 heavy (non-hydrogen) atoms. The van der Waals surface area contributed by atoms with Crippen LogP contribution in [0.2, 0.25) is 0 Å². The molecular formula is C16H23BrIN5. The zero-order valence-corrected chi connectivity index (χ0v) is 17.6. The Labute approximate surface area is 163 Å². The van der Waals surface area contributed by atoms with Gasteiger partial charge in [-0.05, 0) is 24.6 Å². The molecule has 0 radical (unpaired) electrons. The monoisotopic (exact) mass is 491 g/mol. The quantitative estimate of drug-likeness (QED) is 0.396. The molecule has 0 aliphatic carbocycles. The van der Waals surface area contributed by atoms with E-state index in [-0.39, 0.29) is 24.0 Å². The van der Waals surface area contributed by atoms with Gasteiger partial charge < -0.3 is 14.8 Å². The van der Waals surface area contributed by atoms with Crippen LogP contribution in [0.4, 0.5) is 0 Å². The number of hydrogen-bond donors (Lipinski definition) is 1. The number of guanidine groups is 1. The summed E-state index contributed by atoms with van der Waals surface area (Å²) in [5, 5.41) is 3.38. The highest BCUT2D eigenvalue weighted by Crippen LogP contribution is 2.11. The second-order valence-corrected chi connectivity index (χ2v) is 6.04. The molecule has 0 saturated carbocycles. The third-order valence-corrected chi connectivity index (χ3v) is 3.99. The van der Waals surface area contributed by atoms with Crippen LogP contribution in [0.15, 0.2) is 46.1 Å². The van der Waals surface area contributed by atoms with Gasteiger partial charge >= 0.3 is 0 Å². The predicted octanol–water partition coefficient (Wildman–Crippen LogP) is 3.28. The molecule has 1 heterocycles. The first-order valence-corrected chi connectivity index (χ1v) is 8.03. The number of aliphatic imine (C=N–C) groups is 1. The van der Waals surface area contributed by atoms with E-state index in [1.54, 1.807) is 0 Å². The molecule has 2 aromatic rings. The van der Waals surface area contributed by atoms with Crippen molar-refractivity contribution < 1.29 is 0 Å². The van der Waals surface area contributed by atoms with Crippen LogP contribution in [-0.2, 0) is 13.1 Å². The van der Waals surface area contributed by atoms with Gasteiger partial charge in [-0.3, -0.25) is 4.99 Å². The summed E-state index contributed by atoms with van der Waals surface area (Å²) >= 11 is 3.46. The second kappa shape index (κ2) is 9.92. The van der Waals surface area contributed by atoms with Gasteiger partial charge in [0.25, 0.3) is 0 Å². The Bertz CT molecular complexity index is 624. The van der Waals surface area contributed by atoms with Gasteiger partial charge in [0.2, 0.25) is 0 Å². The van der Waals surface area contributed by atoms with Gasteiger partial charge in [-0.2, -0.15) is 0 Å². The Balaban J connectivity index is 0.00000264. The van der Waals surface area contributed by atoms with Crippen LogP contribution in [0.25, 0.3) is 0 Å². The van der Waals surface area contributed by atoms with Crippen molar-refractivity contribution in [3.8, 4) is 0 Å². The summed E-state index contributed by atoms with van der Waals surface area (Å²) in [6, 6.07) is 8.34. The Hall–Kier alpha value is -1.09. The molecular weight excluding hydrogens is 469 g/mol. The van der Waals surface area contributed by atoms with Crippen molar-refractivity contribution in [2.24, 2.45) is 4.99 Å². The molecule has 0 aliphatic heterocycles. The van der Waals surface area contributed by atoms with Crippen molar-refractivity contribution >= 4 is 45.9 Å². The minimum absolute atomic E-state index is 0. The first-order chi connectivity index (χ1) is 10.6. The zero-order valence-electron chi connectivity index (χ0n) is 13.7. The third kappa shape index (κ3) is 6.14. The van der Waals surface area contributed by atoms with Gasteiger partial charge in [0.15, 0.2) is 5.96 Å². The molecule has 5 nitrogen and oxygen atoms in total. The maximum Gasteiger partial charge on any atom is 0.193 e. The number of nitrogens with zero attached hydrogens (tertiary/aromatic N) is 4. The van der Waals surface area contributed by atoms with E-state index in [2.05, 4.69) is 65.0 Å². The molecule has 1 aromatic carbocycles. The Morgan fingerprint density at radius 2 is 2.04 bits per heavy atom. The molecule has 0 atom stereocenters. The Morgan fingerprint density at radius 1 is 1.35 bits per heavy atom. The van der Waals surface area contributed by atoms with E-state index in [0.29, 0.717) is 0 Å². The summed E-state index contributed by atoms with van der Waals surface area (Å²) < 4.78 is 3.21. The Morgan fingerprint density at radius 3 is 2.61 bits per heavy atom. The van der Waals surface area contributed by atoms with E-state index in [0.717, 1.165) is 35.9 Å². The largest absolute Gasteiger partial charge is 0.354 e. The molecule has 0 unspecified atom stereocenters. The lowest BCUT2D eigenvalue weighted by molar-refractivity contribution is 0.473. The number of nitrogens with one attached hydrogen (secondary N) is 1. The third-order valence-electron chi connectivity index (χ3n) is 3.47. The SMILES string of the molecule is CN=C(NCCn1ccnc1C)N(C)Cc1ccc(Br)cc1.I. The number of benzene rings is 1. The summed E-state index contributed by atoms with van der Waals surface area (Å²) in [5.41, 5.74) is 1.25. The average molecular weight is 492 g/mol. The molecule has 126 valence electrons. The molecule has 0 saturated heterocycles. The molecule has 0 aliphatic rings. The number of rotatable bonds is 5. The van der Waals surface area contributed by atoms with E-state index >= 15 is 0 Å². The van der Waals surface area contributed by atoms with Crippen molar-refractivity contribution in [2.45, 2.75) is 20.0 Å². The van der Waals surface area contributed by atoms with E-state index in [1.165, 1.54) is 5.56 Å². The summed E-state index contributed by atoms with van der Waals surface area (Å²) in [6.45, 7) is 4.51. The first-order valence-electron chi connectivity index (χ1n) is 7.24.